The van der Waals surface area contributed by atoms with Crippen molar-refractivity contribution in [1.29, 1.82) is 0 Å². The first-order chi connectivity index (χ1) is 15.9. The third-order valence-electron chi connectivity index (χ3n) is 5.55. The monoisotopic (exact) mass is 453 g/mol. The van der Waals surface area contributed by atoms with Gasteiger partial charge in [-0.05, 0) is 30.3 Å². The van der Waals surface area contributed by atoms with Crippen molar-refractivity contribution in [3.05, 3.63) is 78.4 Å². The Balaban J connectivity index is 1.37. The number of halogens is 3. The second-order valence-electron chi connectivity index (χ2n) is 7.73. The van der Waals surface area contributed by atoms with Gasteiger partial charge in [-0.1, -0.05) is 23.4 Å². The summed E-state index contributed by atoms with van der Waals surface area (Å²) < 4.78 is 50.4. The highest BCUT2D eigenvalue weighted by molar-refractivity contribution is 5.95. The van der Waals surface area contributed by atoms with E-state index in [-0.39, 0.29) is 24.5 Å². The Kier molecular flexibility index (Phi) is 5.20. The molecule has 168 valence electrons. The maximum Gasteiger partial charge on any atom is 0.287 e. The van der Waals surface area contributed by atoms with Crippen LogP contribution in [0.2, 0.25) is 0 Å². The molecule has 1 aliphatic rings. The zero-order valence-electron chi connectivity index (χ0n) is 17.2. The van der Waals surface area contributed by atoms with Crippen molar-refractivity contribution in [3.8, 4) is 11.6 Å². The molecule has 10 heteroatoms. The van der Waals surface area contributed by atoms with Crippen molar-refractivity contribution in [3.63, 3.8) is 0 Å². The molecule has 1 atom stereocenters. The van der Waals surface area contributed by atoms with Gasteiger partial charge in [0.15, 0.2) is 6.10 Å². The number of fused-ring (bicyclic) bond motifs is 1. The molecule has 1 amide bonds. The molecule has 0 aliphatic carbocycles. The van der Waals surface area contributed by atoms with Gasteiger partial charge >= 0.3 is 0 Å². The highest BCUT2D eigenvalue weighted by Crippen LogP contribution is 2.32. The number of hydrogen-bond acceptors (Lipinski definition) is 5. The number of likely N-dealkylation sites (tertiary alicyclic amines) is 1. The molecule has 1 fully saturated rings. The number of ether oxygens (including phenoxy) is 1. The fourth-order valence-corrected chi connectivity index (χ4v) is 3.79. The van der Waals surface area contributed by atoms with E-state index in [1.807, 2.05) is 0 Å². The van der Waals surface area contributed by atoms with E-state index >= 15 is 0 Å². The van der Waals surface area contributed by atoms with Gasteiger partial charge in [0.1, 0.15) is 11.3 Å². The standard InChI is InChI=1S/C23H18F3N5O2/c24-18-6-2-3-15-7-8-20(28-21(15)18)33-19-14-30(11-9-23(19,25)26)22(32)16-4-1-5-17(13-16)31-12-10-27-29-31/h1-8,10,12-13,19H,9,11,14H2/t19-/m0/s1. The summed E-state index contributed by atoms with van der Waals surface area (Å²) in [6, 6.07) is 14.1. The van der Waals surface area contributed by atoms with Crippen molar-refractivity contribution >= 4 is 16.8 Å². The number of para-hydroxylation sites is 1. The number of piperidine rings is 1. The van der Waals surface area contributed by atoms with E-state index in [4.69, 9.17) is 4.74 Å². The maximum atomic E-state index is 14.7. The van der Waals surface area contributed by atoms with Crippen molar-refractivity contribution in [2.24, 2.45) is 0 Å². The lowest BCUT2D eigenvalue weighted by Gasteiger charge is -2.38. The fourth-order valence-electron chi connectivity index (χ4n) is 3.79. The number of rotatable bonds is 4. The Morgan fingerprint density at radius 3 is 2.79 bits per heavy atom. The average molecular weight is 453 g/mol. The number of carbonyl (C=O) groups is 1. The van der Waals surface area contributed by atoms with Gasteiger partial charge in [0, 0.05) is 30.0 Å². The smallest absolute Gasteiger partial charge is 0.287 e. The van der Waals surface area contributed by atoms with Crippen LogP contribution in [-0.2, 0) is 0 Å². The number of alkyl halides is 2. The molecule has 0 saturated carbocycles. The fraction of sp³-hybridized carbons (Fsp3) is 0.217. The zero-order valence-corrected chi connectivity index (χ0v) is 17.2. The van der Waals surface area contributed by atoms with Crippen LogP contribution in [0.5, 0.6) is 5.88 Å². The summed E-state index contributed by atoms with van der Waals surface area (Å²) in [6.07, 6.45) is 0.962. The molecule has 5 rings (SSSR count). The highest BCUT2D eigenvalue weighted by Gasteiger charge is 2.47. The molecular weight excluding hydrogens is 435 g/mol. The number of pyridine rings is 1. The summed E-state index contributed by atoms with van der Waals surface area (Å²) in [5, 5.41) is 8.16. The van der Waals surface area contributed by atoms with Gasteiger partial charge in [0.2, 0.25) is 5.88 Å². The average Bonchev–Trinajstić information content (AvgIpc) is 3.36. The van der Waals surface area contributed by atoms with E-state index < -0.39 is 30.2 Å². The minimum atomic E-state index is -3.18. The van der Waals surface area contributed by atoms with Crippen LogP contribution in [0, 0.1) is 5.82 Å². The molecule has 1 aliphatic heterocycles. The summed E-state index contributed by atoms with van der Waals surface area (Å²) in [6.45, 7) is -0.463. The van der Waals surface area contributed by atoms with Crippen molar-refractivity contribution in [2.75, 3.05) is 13.1 Å². The normalized spacial score (nSPS) is 17.8. The first-order valence-electron chi connectivity index (χ1n) is 10.3. The number of nitrogens with zero attached hydrogens (tertiary/aromatic N) is 5. The number of hydrogen-bond donors (Lipinski definition) is 0. The summed E-state index contributed by atoms with van der Waals surface area (Å²) in [4.78, 5) is 18.4. The van der Waals surface area contributed by atoms with Crippen LogP contribution in [0.15, 0.2) is 67.0 Å². The number of benzene rings is 2. The quantitative estimate of drug-likeness (QED) is 0.469. The van der Waals surface area contributed by atoms with Crippen LogP contribution in [0.4, 0.5) is 13.2 Å². The van der Waals surface area contributed by atoms with Crippen LogP contribution in [-0.4, -0.2) is 55.9 Å². The van der Waals surface area contributed by atoms with E-state index in [2.05, 4.69) is 15.3 Å². The van der Waals surface area contributed by atoms with Crippen LogP contribution in [0.25, 0.3) is 16.6 Å². The first kappa shape index (κ1) is 20.9. The van der Waals surface area contributed by atoms with Crippen LogP contribution < -0.4 is 4.74 Å². The minimum Gasteiger partial charge on any atom is -0.466 e. The van der Waals surface area contributed by atoms with Gasteiger partial charge in [-0.25, -0.2) is 22.8 Å². The predicted molar refractivity (Wildman–Crippen MR) is 113 cm³/mol. The largest absolute Gasteiger partial charge is 0.466 e. The highest BCUT2D eigenvalue weighted by atomic mass is 19.3. The lowest BCUT2D eigenvalue weighted by Crippen LogP contribution is -2.55. The van der Waals surface area contributed by atoms with Crippen molar-refractivity contribution < 1.29 is 22.7 Å². The number of amides is 1. The number of aromatic nitrogens is 4. The van der Waals surface area contributed by atoms with Gasteiger partial charge in [-0.3, -0.25) is 4.79 Å². The molecule has 2 aromatic carbocycles. The molecule has 7 nitrogen and oxygen atoms in total. The lowest BCUT2D eigenvalue weighted by atomic mass is 10.0. The van der Waals surface area contributed by atoms with Crippen LogP contribution >= 0.6 is 0 Å². The molecule has 4 aromatic rings. The summed E-state index contributed by atoms with van der Waals surface area (Å²) in [7, 11) is 0. The van der Waals surface area contributed by atoms with E-state index in [9.17, 15) is 18.0 Å². The first-order valence-corrected chi connectivity index (χ1v) is 10.3. The van der Waals surface area contributed by atoms with Gasteiger partial charge < -0.3 is 9.64 Å². The molecule has 0 N–H and O–H groups in total. The summed E-state index contributed by atoms with van der Waals surface area (Å²) >= 11 is 0. The van der Waals surface area contributed by atoms with E-state index in [1.165, 1.54) is 34.0 Å². The Morgan fingerprint density at radius 1 is 1.12 bits per heavy atom. The van der Waals surface area contributed by atoms with Crippen molar-refractivity contribution in [2.45, 2.75) is 18.4 Å². The Bertz CT molecular complexity index is 1310. The van der Waals surface area contributed by atoms with E-state index in [0.717, 1.165) is 0 Å². The van der Waals surface area contributed by atoms with Gasteiger partial charge in [0.05, 0.1) is 24.6 Å². The van der Waals surface area contributed by atoms with Crippen LogP contribution in [0.3, 0.4) is 0 Å². The molecule has 0 radical (unpaired) electrons. The summed E-state index contributed by atoms with van der Waals surface area (Å²) in [5.74, 6) is -4.28. The SMILES string of the molecule is O=C(c1cccc(-n2ccnn2)c1)N1CCC(F)(F)[C@@H](Oc2ccc3cccc(F)c3n2)C1. The van der Waals surface area contributed by atoms with Crippen LogP contribution in [0.1, 0.15) is 16.8 Å². The molecule has 0 unspecified atom stereocenters. The van der Waals surface area contributed by atoms with Crippen molar-refractivity contribution in [1.82, 2.24) is 24.9 Å². The Hall–Kier alpha value is -3.95. The summed E-state index contributed by atoms with van der Waals surface area (Å²) in [5.41, 5.74) is 0.987. The zero-order chi connectivity index (χ0) is 23.0. The molecule has 33 heavy (non-hydrogen) atoms. The topological polar surface area (TPSA) is 73.1 Å². The molecule has 1 saturated heterocycles. The van der Waals surface area contributed by atoms with E-state index in [0.29, 0.717) is 16.6 Å². The Labute approximate surface area is 186 Å². The maximum absolute atomic E-state index is 14.7. The van der Waals surface area contributed by atoms with Gasteiger partial charge in [-0.15, -0.1) is 5.10 Å². The second kappa shape index (κ2) is 8.19. The van der Waals surface area contributed by atoms with E-state index in [1.54, 1.807) is 42.6 Å². The number of carbonyl (C=O) groups excluding carboxylic acids is 1. The second-order valence-corrected chi connectivity index (χ2v) is 7.73. The lowest BCUT2D eigenvalue weighted by molar-refractivity contribution is -0.131. The molecule has 3 heterocycles. The third-order valence-corrected chi connectivity index (χ3v) is 5.55. The molecule has 2 aromatic heterocycles. The Morgan fingerprint density at radius 2 is 1.97 bits per heavy atom. The van der Waals surface area contributed by atoms with Gasteiger partial charge in [0.25, 0.3) is 11.8 Å². The van der Waals surface area contributed by atoms with Gasteiger partial charge in [-0.2, -0.15) is 0 Å². The third kappa shape index (κ3) is 4.11. The molecule has 0 bridgehead atoms. The predicted octanol–water partition coefficient (Wildman–Crippen LogP) is 3.88. The minimum absolute atomic E-state index is 0.0342. The molecular formula is C23H18F3N5O2. The molecule has 0 spiro atoms.